The summed E-state index contributed by atoms with van der Waals surface area (Å²) >= 11 is 12.1. The highest BCUT2D eigenvalue weighted by Gasteiger charge is 2.51. The van der Waals surface area contributed by atoms with Crippen molar-refractivity contribution in [3.8, 4) is 0 Å². The van der Waals surface area contributed by atoms with E-state index in [-0.39, 0.29) is 12.1 Å². The van der Waals surface area contributed by atoms with E-state index in [1.165, 1.54) is 6.20 Å². The van der Waals surface area contributed by atoms with Crippen molar-refractivity contribution in [2.24, 2.45) is 0 Å². The van der Waals surface area contributed by atoms with Crippen LogP contribution >= 0.6 is 23.2 Å². The van der Waals surface area contributed by atoms with Crippen molar-refractivity contribution in [3.05, 3.63) is 46.5 Å². The fourth-order valence-corrected chi connectivity index (χ4v) is 3.50. The molecule has 0 amide bonds. The van der Waals surface area contributed by atoms with Crippen molar-refractivity contribution < 1.29 is 14.6 Å². The summed E-state index contributed by atoms with van der Waals surface area (Å²) in [5.41, 5.74) is 0.853. The molecule has 0 aliphatic carbocycles. The summed E-state index contributed by atoms with van der Waals surface area (Å²) in [4.78, 5) is 4.07. The number of halogens is 2. The summed E-state index contributed by atoms with van der Waals surface area (Å²) in [7, 11) is 0. The van der Waals surface area contributed by atoms with Crippen molar-refractivity contribution in [1.29, 1.82) is 0 Å². The maximum Gasteiger partial charge on any atom is 0.183 e. The Morgan fingerprint density at radius 3 is 3.00 bits per heavy atom. The maximum absolute atomic E-state index is 10.8. The van der Waals surface area contributed by atoms with Crippen LogP contribution in [-0.4, -0.2) is 51.0 Å². The van der Waals surface area contributed by atoms with Gasteiger partial charge in [0, 0.05) is 35.7 Å². The van der Waals surface area contributed by atoms with Crippen LogP contribution in [0.1, 0.15) is 11.6 Å². The highest BCUT2D eigenvalue weighted by atomic mass is 35.5. The first-order valence-electron chi connectivity index (χ1n) is 7.60. The fourth-order valence-electron chi connectivity index (χ4n) is 3.18. The zero-order chi connectivity index (χ0) is 16.7. The van der Waals surface area contributed by atoms with Crippen LogP contribution in [0.3, 0.4) is 0 Å². The first kappa shape index (κ1) is 16.3. The molecule has 5 atom stereocenters. The first-order valence-corrected chi connectivity index (χ1v) is 8.35. The van der Waals surface area contributed by atoms with Crippen LogP contribution in [0.4, 0.5) is 0 Å². The van der Waals surface area contributed by atoms with Crippen LogP contribution < -0.4 is 5.32 Å². The summed E-state index contributed by atoms with van der Waals surface area (Å²) in [5.74, 6) is 0. The van der Waals surface area contributed by atoms with Gasteiger partial charge in [0.15, 0.2) is 6.29 Å². The van der Waals surface area contributed by atoms with E-state index in [0.717, 1.165) is 5.56 Å². The number of ether oxygens (including phenoxy) is 2. The topological polar surface area (TPSA) is 81.4 Å². The molecule has 2 aromatic heterocycles. The number of fused-ring (bicyclic) bond motifs is 2. The largest absolute Gasteiger partial charge is 0.389 e. The molecule has 4 heterocycles. The van der Waals surface area contributed by atoms with Gasteiger partial charge in [-0.2, -0.15) is 5.10 Å². The molecule has 0 aromatic carbocycles. The molecule has 4 rings (SSSR count). The Bertz CT molecular complexity index is 728. The number of hydrogen-bond acceptors (Lipinski definition) is 6. The van der Waals surface area contributed by atoms with E-state index < -0.39 is 18.4 Å². The molecule has 2 bridgehead atoms. The number of nitrogens with one attached hydrogen (secondary N) is 1. The summed E-state index contributed by atoms with van der Waals surface area (Å²) in [6.45, 7) is 0.872. The molecule has 2 aliphatic rings. The van der Waals surface area contributed by atoms with Crippen molar-refractivity contribution in [3.63, 3.8) is 0 Å². The number of aliphatic hydroxyl groups is 1. The van der Waals surface area contributed by atoms with Gasteiger partial charge in [0.1, 0.15) is 12.1 Å². The first-order chi connectivity index (χ1) is 11.6. The Labute approximate surface area is 148 Å². The van der Waals surface area contributed by atoms with Gasteiger partial charge in [-0.15, -0.1) is 0 Å². The molecule has 2 aliphatic heterocycles. The van der Waals surface area contributed by atoms with Gasteiger partial charge >= 0.3 is 0 Å². The number of aromatic nitrogens is 3. The van der Waals surface area contributed by atoms with Crippen LogP contribution in [0.5, 0.6) is 0 Å². The highest BCUT2D eigenvalue weighted by Crippen LogP contribution is 2.36. The molecular formula is C15H16Cl2N4O3. The van der Waals surface area contributed by atoms with Gasteiger partial charge in [-0.1, -0.05) is 23.2 Å². The van der Waals surface area contributed by atoms with Crippen LogP contribution in [-0.2, 0) is 16.0 Å². The SMILES string of the molecule is O[C@H]1[C@H](NCc2cnccc2Cl)[C@H]2CO[C@H](O2)[C@@H]1n1cc(Cl)cn1. The standard InChI is InChI=1S/C15H16Cl2N4O3/c16-9-5-20-21(6-9)13-14(22)12(11-7-23-15(13)24-11)19-4-8-3-18-2-1-10(8)17/h1-3,5-6,11-15,19,22H,4,7H2/t11-,12-,13-,14+,15-/m1/s1. The molecule has 7 nitrogen and oxygen atoms in total. The predicted molar refractivity (Wildman–Crippen MR) is 86.8 cm³/mol. The highest BCUT2D eigenvalue weighted by molar-refractivity contribution is 6.31. The lowest BCUT2D eigenvalue weighted by Crippen LogP contribution is -2.57. The average molecular weight is 371 g/mol. The van der Waals surface area contributed by atoms with E-state index in [0.29, 0.717) is 23.2 Å². The second-order valence-electron chi connectivity index (χ2n) is 5.87. The second-order valence-corrected chi connectivity index (χ2v) is 6.71. The number of hydrogen-bond donors (Lipinski definition) is 2. The van der Waals surface area contributed by atoms with Crippen LogP contribution in [0.2, 0.25) is 10.0 Å². The molecule has 2 saturated heterocycles. The zero-order valence-corrected chi connectivity index (χ0v) is 14.1. The van der Waals surface area contributed by atoms with Crippen LogP contribution in [0.15, 0.2) is 30.9 Å². The summed E-state index contributed by atoms with van der Waals surface area (Å²) in [6.07, 6.45) is 4.98. The van der Waals surface area contributed by atoms with Gasteiger partial charge in [-0.25, -0.2) is 0 Å². The number of rotatable bonds is 4. The lowest BCUT2D eigenvalue weighted by molar-refractivity contribution is -0.168. The molecule has 2 fully saturated rings. The molecular weight excluding hydrogens is 355 g/mol. The molecule has 24 heavy (non-hydrogen) atoms. The van der Waals surface area contributed by atoms with Gasteiger partial charge in [-0.3, -0.25) is 9.67 Å². The third-order valence-electron chi connectivity index (χ3n) is 4.38. The normalized spacial score (nSPS) is 32.2. The monoisotopic (exact) mass is 370 g/mol. The van der Waals surface area contributed by atoms with E-state index in [4.69, 9.17) is 32.7 Å². The van der Waals surface area contributed by atoms with Crippen LogP contribution in [0.25, 0.3) is 0 Å². The van der Waals surface area contributed by atoms with Gasteiger partial charge in [0.05, 0.1) is 30.0 Å². The minimum absolute atomic E-state index is 0.234. The van der Waals surface area contributed by atoms with Gasteiger partial charge in [0.2, 0.25) is 0 Å². The third-order valence-corrected chi connectivity index (χ3v) is 4.94. The Kier molecular flexibility index (Phi) is 4.46. The van der Waals surface area contributed by atoms with Gasteiger partial charge < -0.3 is 19.9 Å². The minimum Gasteiger partial charge on any atom is -0.389 e. The average Bonchev–Trinajstić information content (AvgIpc) is 3.17. The second kappa shape index (κ2) is 6.59. The predicted octanol–water partition coefficient (Wildman–Crippen LogP) is 1.40. The number of pyridine rings is 1. The molecule has 0 saturated carbocycles. The fraction of sp³-hybridized carbons (Fsp3) is 0.467. The quantitative estimate of drug-likeness (QED) is 0.846. The molecule has 0 radical (unpaired) electrons. The van der Waals surface area contributed by atoms with E-state index in [2.05, 4.69) is 15.4 Å². The number of aliphatic hydroxyl groups excluding tert-OH is 1. The van der Waals surface area contributed by atoms with Crippen molar-refractivity contribution in [2.75, 3.05) is 6.61 Å². The third kappa shape index (κ3) is 2.92. The maximum atomic E-state index is 10.8. The van der Waals surface area contributed by atoms with Gasteiger partial charge in [0.25, 0.3) is 0 Å². The van der Waals surface area contributed by atoms with Crippen molar-refractivity contribution in [2.45, 2.75) is 37.1 Å². The van der Waals surface area contributed by atoms with E-state index >= 15 is 0 Å². The summed E-state index contributed by atoms with van der Waals surface area (Å²) in [6, 6.07) is 0.932. The van der Waals surface area contributed by atoms with Gasteiger partial charge in [-0.05, 0) is 6.07 Å². The minimum atomic E-state index is -0.748. The smallest absolute Gasteiger partial charge is 0.183 e. The Morgan fingerprint density at radius 1 is 1.38 bits per heavy atom. The van der Waals surface area contributed by atoms with E-state index in [1.54, 1.807) is 29.3 Å². The Morgan fingerprint density at radius 2 is 2.25 bits per heavy atom. The summed E-state index contributed by atoms with van der Waals surface area (Å²) < 4.78 is 13.1. The lowest BCUT2D eigenvalue weighted by Gasteiger charge is -2.38. The lowest BCUT2D eigenvalue weighted by atomic mass is 9.96. The number of nitrogens with zero attached hydrogens (tertiary/aromatic N) is 3. The van der Waals surface area contributed by atoms with Crippen molar-refractivity contribution >= 4 is 23.2 Å². The van der Waals surface area contributed by atoms with Crippen LogP contribution in [0, 0.1) is 0 Å². The Hall–Kier alpha value is -1.22. The molecule has 0 spiro atoms. The zero-order valence-electron chi connectivity index (χ0n) is 12.5. The summed E-state index contributed by atoms with van der Waals surface area (Å²) in [5, 5.41) is 19.5. The Balaban J connectivity index is 1.53. The molecule has 128 valence electrons. The van der Waals surface area contributed by atoms with E-state index in [9.17, 15) is 5.11 Å². The molecule has 9 heteroatoms. The van der Waals surface area contributed by atoms with E-state index in [1.807, 2.05) is 0 Å². The molecule has 2 aromatic rings. The molecule has 0 unspecified atom stereocenters. The van der Waals surface area contributed by atoms with Crippen molar-refractivity contribution in [1.82, 2.24) is 20.1 Å². The molecule has 2 N–H and O–H groups in total.